The number of aliphatic hydroxyl groups excluding tert-OH is 2. The summed E-state index contributed by atoms with van der Waals surface area (Å²) < 4.78 is 6.09. The number of aliphatic hydroxyl groups is 2. The molecular formula is C41H61N5O5. The van der Waals surface area contributed by atoms with Gasteiger partial charge in [-0.2, -0.15) is 0 Å². The fourth-order valence-corrected chi connectivity index (χ4v) is 10.0. The molecule has 10 heteroatoms. The number of fused-ring (bicyclic) bond motifs is 2. The van der Waals surface area contributed by atoms with Crippen molar-refractivity contribution in [2.75, 3.05) is 52.3 Å². The van der Waals surface area contributed by atoms with E-state index in [-0.39, 0.29) is 24.4 Å². The topological polar surface area (TPSA) is 118 Å². The highest BCUT2D eigenvalue weighted by Gasteiger charge is 2.57. The van der Waals surface area contributed by atoms with Crippen molar-refractivity contribution in [1.82, 2.24) is 20.4 Å². The van der Waals surface area contributed by atoms with Gasteiger partial charge in [-0.15, -0.1) is 0 Å². The fourth-order valence-electron chi connectivity index (χ4n) is 10.0. The summed E-state index contributed by atoms with van der Waals surface area (Å²) in [5.74, 6) is 1.37. The SMILES string of the molecule is CCN1CCC[C@@H]1CNC(=O)c1cc(-c2cccc(CN3C[C@H](O)[C@@H]([C@H](C)O)[C@H]3C(=O)N[C@H]3C[C@H]4C[C@@H]([C@@H]3C)C4(C)C)c2OC)cc(N(C)C)c1. The van der Waals surface area contributed by atoms with Crippen molar-refractivity contribution in [3.05, 3.63) is 47.5 Å². The van der Waals surface area contributed by atoms with Gasteiger partial charge >= 0.3 is 0 Å². The van der Waals surface area contributed by atoms with Crippen LogP contribution in [0.2, 0.25) is 0 Å². The number of rotatable bonds is 12. The molecule has 5 aliphatic rings. The lowest BCUT2D eigenvalue weighted by Crippen LogP contribution is -2.62. The Morgan fingerprint density at radius 2 is 1.90 bits per heavy atom. The molecule has 2 aromatic rings. The summed E-state index contributed by atoms with van der Waals surface area (Å²) in [5.41, 5.74) is 4.35. The van der Waals surface area contributed by atoms with E-state index in [1.165, 1.54) is 6.42 Å². The molecule has 0 unspecified atom stereocenters. The molecular weight excluding hydrogens is 642 g/mol. The Balaban J connectivity index is 1.25. The van der Waals surface area contributed by atoms with E-state index in [9.17, 15) is 19.8 Å². The lowest BCUT2D eigenvalue weighted by molar-refractivity contribution is -0.139. The Hall–Kier alpha value is -3.18. The van der Waals surface area contributed by atoms with Crippen LogP contribution in [0.5, 0.6) is 5.75 Å². The predicted molar refractivity (Wildman–Crippen MR) is 202 cm³/mol. The lowest BCUT2D eigenvalue weighted by Gasteiger charge is -2.62. The molecule has 7 rings (SSSR count). The zero-order valence-corrected chi connectivity index (χ0v) is 32.0. The molecule has 2 saturated heterocycles. The number of β-amino-alcohol motifs (C(OH)–C–C–N with tert-alkyl or cyclic N) is 1. The predicted octanol–water partition coefficient (Wildman–Crippen LogP) is 4.37. The number of ether oxygens (including phenoxy) is 1. The number of nitrogens with zero attached hydrogens (tertiary/aromatic N) is 3. The van der Waals surface area contributed by atoms with Gasteiger partial charge in [-0.25, -0.2) is 0 Å². The zero-order valence-electron chi connectivity index (χ0n) is 32.0. The van der Waals surface area contributed by atoms with Crippen molar-refractivity contribution in [2.24, 2.45) is 29.1 Å². The van der Waals surface area contributed by atoms with E-state index in [1.807, 2.05) is 54.2 Å². The van der Waals surface area contributed by atoms with E-state index in [0.29, 0.717) is 53.6 Å². The molecule has 0 aromatic heterocycles. The Bertz CT molecular complexity index is 1580. The molecule has 51 heavy (non-hydrogen) atoms. The van der Waals surface area contributed by atoms with Gasteiger partial charge in [0, 0.05) is 74.1 Å². The minimum Gasteiger partial charge on any atom is -0.496 e. The van der Waals surface area contributed by atoms with Crippen LogP contribution in [0.25, 0.3) is 11.1 Å². The van der Waals surface area contributed by atoms with Crippen LogP contribution < -0.4 is 20.3 Å². The summed E-state index contributed by atoms with van der Waals surface area (Å²) in [6.45, 7) is 14.1. The third-order valence-electron chi connectivity index (χ3n) is 13.2. The van der Waals surface area contributed by atoms with Gasteiger partial charge in [0.15, 0.2) is 0 Å². The van der Waals surface area contributed by atoms with Gasteiger partial charge in [-0.05, 0) is 92.6 Å². The van der Waals surface area contributed by atoms with Gasteiger partial charge in [0.2, 0.25) is 5.91 Å². The number of hydrogen-bond acceptors (Lipinski definition) is 8. The number of amides is 2. The average molecular weight is 704 g/mol. The molecule has 0 spiro atoms. The standard InChI is InChI=1S/C41H61N5O5/c1-9-45-15-11-13-30(45)21-42-39(49)28-16-27(17-31(18-28)44(6)7)32-14-10-12-26(38(32)51-8)22-46-23-35(48)36(25(3)47)37(46)40(50)43-34-20-29-19-33(24(34)2)41(29,4)5/h10,12,14,16-18,24-25,29-30,33-37,47-48H,9,11,13,15,19-23H2,1-8H3,(H,42,49)(H,43,50)/t24-,25-,29+,30+,33-,34-,35-,36+,37-/m0/s1. The largest absolute Gasteiger partial charge is 0.496 e. The van der Waals surface area contributed by atoms with Gasteiger partial charge in [-0.3, -0.25) is 19.4 Å². The van der Waals surface area contributed by atoms with Crippen LogP contribution in [-0.2, 0) is 11.3 Å². The molecule has 0 radical (unpaired) electrons. The highest BCUT2D eigenvalue weighted by atomic mass is 16.5. The van der Waals surface area contributed by atoms with Crippen molar-refractivity contribution in [3.8, 4) is 16.9 Å². The first-order chi connectivity index (χ1) is 24.2. The van der Waals surface area contributed by atoms with E-state index in [0.717, 1.165) is 54.7 Å². The second-order valence-electron chi connectivity index (χ2n) is 16.6. The van der Waals surface area contributed by atoms with Crippen LogP contribution >= 0.6 is 0 Å². The first-order valence-corrected chi connectivity index (χ1v) is 19.2. The van der Waals surface area contributed by atoms with Crippen LogP contribution in [-0.4, -0.2) is 110 Å². The third kappa shape index (κ3) is 7.26. The Kier molecular flexibility index (Phi) is 11.1. The number of anilines is 1. The van der Waals surface area contributed by atoms with Crippen LogP contribution in [0.1, 0.15) is 76.2 Å². The average Bonchev–Trinajstić information content (AvgIpc) is 3.70. The normalized spacial score (nSPS) is 30.8. The van der Waals surface area contributed by atoms with Gasteiger partial charge in [0.25, 0.3) is 5.91 Å². The number of para-hydroxylation sites is 1. The van der Waals surface area contributed by atoms with Crippen LogP contribution in [0, 0.1) is 29.1 Å². The third-order valence-corrected chi connectivity index (χ3v) is 13.2. The summed E-state index contributed by atoms with van der Waals surface area (Å²) >= 11 is 0. The second-order valence-corrected chi connectivity index (χ2v) is 16.6. The summed E-state index contributed by atoms with van der Waals surface area (Å²) in [4.78, 5) is 34.2. The monoisotopic (exact) mass is 703 g/mol. The molecule has 10 nitrogen and oxygen atoms in total. The van der Waals surface area contributed by atoms with E-state index in [4.69, 9.17) is 4.74 Å². The first kappa shape index (κ1) is 37.6. The molecule has 9 atom stereocenters. The molecule has 2 amide bonds. The lowest BCUT2D eigenvalue weighted by atomic mass is 9.45. The number of methoxy groups -OCH3 is 1. The molecule has 5 fully saturated rings. The second kappa shape index (κ2) is 15.0. The number of hydrogen-bond donors (Lipinski definition) is 4. The van der Waals surface area contributed by atoms with Gasteiger partial charge < -0.3 is 30.5 Å². The molecule has 2 heterocycles. The molecule has 2 aromatic carbocycles. The van der Waals surface area contributed by atoms with Crippen molar-refractivity contribution < 1.29 is 24.5 Å². The van der Waals surface area contributed by atoms with Gasteiger partial charge in [0.1, 0.15) is 5.75 Å². The maximum absolute atomic E-state index is 14.2. The van der Waals surface area contributed by atoms with Gasteiger partial charge in [-0.1, -0.05) is 45.9 Å². The fraction of sp³-hybridized carbons (Fsp3) is 0.659. The molecule has 3 saturated carbocycles. The summed E-state index contributed by atoms with van der Waals surface area (Å²) in [5, 5.41) is 28.6. The minimum absolute atomic E-state index is 0.0838. The van der Waals surface area contributed by atoms with Crippen LogP contribution in [0.4, 0.5) is 5.69 Å². The highest BCUT2D eigenvalue weighted by molar-refractivity contribution is 5.97. The number of likely N-dealkylation sites (N-methyl/N-ethyl adjacent to an activating group) is 1. The van der Waals surface area contributed by atoms with Crippen LogP contribution in [0.3, 0.4) is 0 Å². The van der Waals surface area contributed by atoms with Crippen molar-refractivity contribution in [2.45, 2.75) is 97.2 Å². The Morgan fingerprint density at radius 3 is 2.55 bits per heavy atom. The summed E-state index contributed by atoms with van der Waals surface area (Å²) in [6.07, 6.45) is 2.73. The molecule has 2 bridgehead atoms. The number of carbonyl (C=O) groups is 2. The first-order valence-electron chi connectivity index (χ1n) is 19.2. The number of carbonyl (C=O) groups excluding carboxylic acids is 2. The van der Waals surface area contributed by atoms with E-state index in [2.05, 4.69) is 49.3 Å². The van der Waals surface area contributed by atoms with Gasteiger partial charge in [0.05, 0.1) is 25.4 Å². The van der Waals surface area contributed by atoms with Crippen molar-refractivity contribution in [3.63, 3.8) is 0 Å². The van der Waals surface area contributed by atoms with Crippen molar-refractivity contribution >= 4 is 17.5 Å². The highest BCUT2D eigenvalue weighted by Crippen LogP contribution is 2.61. The zero-order chi connectivity index (χ0) is 36.8. The van der Waals surface area contributed by atoms with Crippen LogP contribution in [0.15, 0.2) is 36.4 Å². The van der Waals surface area contributed by atoms with E-state index >= 15 is 0 Å². The Labute approximate surface area is 304 Å². The van der Waals surface area contributed by atoms with E-state index in [1.54, 1.807) is 14.0 Å². The number of likely N-dealkylation sites (tertiary alicyclic amines) is 2. The molecule has 4 N–H and O–H groups in total. The molecule has 3 aliphatic carbocycles. The molecule has 2 aliphatic heterocycles. The van der Waals surface area contributed by atoms with E-state index < -0.39 is 24.2 Å². The summed E-state index contributed by atoms with van der Waals surface area (Å²) in [6, 6.07) is 11.6. The number of benzene rings is 2. The quantitative estimate of drug-likeness (QED) is 0.258. The maximum Gasteiger partial charge on any atom is 0.251 e. The smallest absolute Gasteiger partial charge is 0.251 e. The van der Waals surface area contributed by atoms with Crippen molar-refractivity contribution in [1.29, 1.82) is 0 Å². The number of nitrogens with one attached hydrogen (secondary N) is 2. The molecule has 280 valence electrons. The minimum atomic E-state index is -0.859. The summed E-state index contributed by atoms with van der Waals surface area (Å²) in [7, 11) is 5.57. The maximum atomic E-state index is 14.2. The Morgan fingerprint density at radius 1 is 1.14 bits per heavy atom.